The summed E-state index contributed by atoms with van der Waals surface area (Å²) in [6.07, 6.45) is 0. The van der Waals surface area contributed by atoms with Crippen molar-refractivity contribution in [1.29, 1.82) is 0 Å². The van der Waals surface area contributed by atoms with Crippen LogP contribution < -0.4 is 0 Å². The van der Waals surface area contributed by atoms with Crippen LogP contribution in [0.15, 0.2) is 152 Å². The highest BCUT2D eigenvalue weighted by atomic mass is 32.1. The van der Waals surface area contributed by atoms with Crippen molar-refractivity contribution in [3.8, 4) is 39.5 Å². The summed E-state index contributed by atoms with van der Waals surface area (Å²) in [5, 5.41) is 9.89. The van der Waals surface area contributed by atoms with Gasteiger partial charge in [0, 0.05) is 37.2 Å². The predicted molar refractivity (Wildman–Crippen MR) is 224 cm³/mol. The van der Waals surface area contributed by atoms with E-state index < -0.39 is 0 Å². The second-order valence-corrected chi connectivity index (χ2v) is 16.0. The van der Waals surface area contributed by atoms with E-state index in [0.717, 1.165) is 32.5 Å². The fourth-order valence-corrected chi connectivity index (χ4v) is 10.6. The van der Waals surface area contributed by atoms with Crippen LogP contribution in [0, 0.1) is 0 Å². The van der Waals surface area contributed by atoms with E-state index in [4.69, 9.17) is 9.97 Å². The molecule has 53 heavy (non-hydrogen) atoms. The van der Waals surface area contributed by atoms with Crippen molar-refractivity contribution in [3.63, 3.8) is 0 Å². The minimum absolute atomic E-state index is 0.116. The van der Waals surface area contributed by atoms with Crippen LogP contribution in [0.25, 0.3) is 103 Å². The summed E-state index contributed by atoms with van der Waals surface area (Å²) in [5.74, 6) is 0.699. The van der Waals surface area contributed by atoms with Gasteiger partial charge < -0.3 is 0 Å². The Kier molecular flexibility index (Phi) is 5.72. The maximum atomic E-state index is 5.62. The molecule has 12 rings (SSSR count). The van der Waals surface area contributed by atoms with Crippen LogP contribution in [-0.4, -0.2) is 14.5 Å². The summed E-state index contributed by atoms with van der Waals surface area (Å²) < 4.78 is 3.55. The molecule has 248 valence electrons. The largest absolute Gasteiger partial charge is 0.278 e. The van der Waals surface area contributed by atoms with E-state index in [1.165, 1.54) is 75.8 Å². The van der Waals surface area contributed by atoms with Gasteiger partial charge in [0.1, 0.15) is 4.83 Å². The molecule has 3 aromatic heterocycles. The zero-order valence-electron chi connectivity index (χ0n) is 29.2. The van der Waals surface area contributed by atoms with Gasteiger partial charge in [0.15, 0.2) is 0 Å². The smallest absolute Gasteiger partial charge is 0.236 e. The SMILES string of the molecule is CC1(C)c2ccccc2-c2cc3c4c(ccc5cccc(c54)n3-c3nc(-c4cccc(-c5cccc6ccccc56)c4)c4c(n3)sc3ccccc34)c21. The second kappa shape index (κ2) is 10.4. The Hall–Kier alpha value is -6.36. The first-order valence-corrected chi connectivity index (χ1v) is 19.1. The Morgan fingerprint density at radius 2 is 1.25 bits per heavy atom. The first-order valence-electron chi connectivity index (χ1n) is 18.3. The van der Waals surface area contributed by atoms with Crippen molar-refractivity contribution >= 4 is 75.0 Å². The van der Waals surface area contributed by atoms with Gasteiger partial charge >= 0.3 is 0 Å². The molecule has 3 heterocycles. The van der Waals surface area contributed by atoms with Gasteiger partial charge in [0.2, 0.25) is 5.95 Å². The molecule has 8 aromatic carbocycles. The summed E-state index contributed by atoms with van der Waals surface area (Å²) in [7, 11) is 0. The average Bonchev–Trinajstić information content (AvgIpc) is 3.82. The third kappa shape index (κ3) is 3.88. The van der Waals surface area contributed by atoms with E-state index in [2.05, 4.69) is 170 Å². The Bertz CT molecular complexity index is 3320. The van der Waals surface area contributed by atoms with Crippen LogP contribution >= 0.6 is 11.3 Å². The lowest BCUT2D eigenvalue weighted by atomic mass is 9.80. The van der Waals surface area contributed by atoms with Crippen molar-refractivity contribution in [1.82, 2.24) is 14.5 Å². The molecule has 0 atom stereocenters. The molecule has 0 bridgehead atoms. The highest BCUT2D eigenvalue weighted by Gasteiger charge is 2.38. The maximum Gasteiger partial charge on any atom is 0.236 e. The van der Waals surface area contributed by atoms with Gasteiger partial charge in [-0.2, -0.15) is 0 Å². The third-order valence-electron chi connectivity index (χ3n) is 11.8. The van der Waals surface area contributed by atoms with Crippen molar-refractivity contribution in [2.45, 2.75) is 19.3 Å². The maximum absolute atomic E-state index is 5.62. The Morgan fingerprint density at radius 3 is 2.19 bits per heavy atom. The molecule has 1 aliphatic rings. The molecule has 0 saturated carbocycles. The van der Waals surface area contributed by atoms with Gasteiger partial charge in [0.25, 0.3) is 0 Å². The quantitative estimate of drug-likeness (QED) is 0.172. The Balaban J connectivity index is 1.18. The van der Waals surface area contributed by atoms with E-state index in [1.807, 2.05) is 0 Å². The molecule has 4 heteroatoms. The summed E-state index contributed by atoms with van der Waals surface area (Å²) in [6.45, 7) is 4.75. The number of hydrogen-bond donors (Lipinski definition) is 0. The number of thiophene rings is 1. The molecular formula is C49H31N3S. The van der Waals surface area contributed by atoms with Gasteiger partial charge in [-0.1, -0.05) is 141 Å². The van der Waals surface area contributed by atoms with Crippen molar-refractivity contribution in [3.05, 3.63) is 163 Å². The minimum atomic E-state index is -0.116. The van der Waals surface area contributed by atoms with Crippen molar-refractivity contribution < 1.29 is 0 Å². The number of hydrogen-bond acceptors (Lipinski definition) is 3. The lowest BCUT2D eigenvalue weighted by Gasteiger charge is -2.23. The molecule has 0 spiro atoms. The van der Waals surface area contributed by atoms with Gasteiger partial charge in [0.05, 0.1) is 16.7 Å². The van der Waals surface area contributed by atoms with Crippen LogP contribution in [-0.2, 0) is 5.41 Å². The third-order valence-corrected chi connectivity index (χ3v) is 12.8. The molecule has 11 aromatic rings. The van der Waals surface area contributed by atoms with E-state index in [9.17, 15) is 0 Å². The highest BCUT2D eigenvalue weighted by molar-refractivity contribution is 7.25. The van der Waals surface area contributed by atoms with Crippen LogP contribution in [0.2, 0.25) is 0 Å². The number of aromatic nitrogens is 3. The molecule has 0 N–H and O–H groups in total. The molecule has 3 nitrogen and oxygen atoms in total. The van der Waals surface area contributed by atoms with E-state index in [1.54, 1.807) is 11.3 Å². The molecule has 0 aliphatic heterocycles. The van der Waals surface area contributed by atoms with Crippen LogP contribution in [0.4, 0.5) is 0 Å². The van der Waals surface area contributed by atoms with Crippen molar-refractivity contribution in [2.75, 3.05) is 0 Å². The molecule has 0 radical (unpaired) electrons. The fraction of sp³-hybridized carbons (Fsp3) is 0.0612. The number of fused-ring (bicyclic) bond motifs is 8. The number of benzene rings is 8. The predicted octanol–water partition coefficient (Wildman–Crippen LogP) is 13.3. The number of nitrogens with zero attached hydrogens (tertiary/aromatic N) is 3. The van der Waals surface area contributed by atoms with E-state index >= 15 is 0 Å². The second-order valence-electron chi connectivity index (χ2n) is 14.9. The van der Waals surface area contributed by atoms with Crippen molar-refractivity contribution in [2.24, 2.45) is 0 Å². The average molecular weight is 694 g/mol. The number of rotatable bonds is 3. The Morgan fingerprint density at radius 1 is 0.509 bits per heavy atom. The van der Waals surface area contributed by atoms with E-state index in [0.29, 0.717) is 5.95 Å². The van der Waals surface area contributed by atoms with Crippen LogP contribution in [0.1, 0.15) is 25.0 Å². The molecule has 0 amide bonds. The van der Waals surface area contributed by atoms with Gasteiger partial charge in [-0.15, -0.1) is 11.3 Å². The lowest BCUT2D eigenvalue weighted by molar-refractivity contribution is 0.666. The summed E-state index contributed by atoms with van der Waals surface area (Å²) >= 11 is 1.75. The topological polar surface area (TPSA) is 30.7 Å². The standard InChI is InChI=1S/C49H31N3S/c1-49(2)38-21-7-5-18-34(38)37-27-40-43-36(45(37)49)25-24-29-14-11-22-39(42(29)43)52(40)48-50-46(44-35-19-6-8-23-41(35)53-47(44)51-48)31-16-9-15-30(26-31)33-20-10-13-28-12-3-4-17-32(28)33/h3-27H,1-2H3. The lowest BCUT2D eigenvalue weighted by Crippen LogP contribution is -2.15. The zero-order valence-corrected chi connectivity index (χ0v) is 30.0. The normalized spacial score (nSPS) is 13.6. The molecule has 0 unspecified atom stereocenters. The molecule has 0 saturated heterocycles. The van der Waals surface area contributed by atoms with Gasteiger partial charge in [-0.25, -0.2) is 9.97 Å². The highest BCUT2D eigenvalue weighted by Crippen LogP contribution is 2.54. The minimum Gasteiger partial charge on any atom is -0.278 e. The van der Waals surface area contributed by atoms with Crippen LogP contribution in [0.3, 0.4) is 0 Å². The summed E-state index contributed by atoms with van der Waals surface area (Å²) in [5.41, 5.74) is 12.0. The Labute approximate surface area is 309 Å². The first kappa shape index (κ1) is 29.2. The first-order chi connectivity index (χ1) is 26.0. The van der Waals surface area contributed by atoms with Gasteiger partial charge in [-0.3, -0.25) is 4.57 Å². The fourth-order valence-electron chi connectivity index (χ4n) is 9.48. The summed E-state index contributed by atoms with van der Waals surface area (Å²) in [6, 6.07) is 55.4. The van der Waals surface area contributed by atoms with E-state index in [-0.39, 0.29) is 5.41 Å². The molecular weight excluding hydrogens is 663 g/mol. The van der Waals surface area contributed by atoms with Crippen LogP contribution in [0.5, 0.6) is 0 Å². The molecule has 0 fully saturated rings. The van der Waals surface area contributed by atoms with Gasteiger partial charge in [-0.05, 0) is 79.2 Å². The summed E-state index contributed by atoms with van der Waals surface area (Å²) in [4.78, 5) is 12.1. The molecule has 1 aliphatic carbocycles. The zero-order chi connectivity index (χ0) is 35.0. The monoisotopic (exact) mass is 693 g/mol.